The Morgan fingerprint density at radius 2 is 1.96 bits per heavy atom. The van der Waals surface area contributed by atoms with Crippen LogP contribution in [0.2, 0.25) is 0 Å². The molecule has 0 unspecified atom stereocenters. The van der Waals surface area contributed by atoms with Gasteiger partial charge < -0.3 is 11.1 Å². The van der Waals surface area contributed by atoms with Gasteiger partial charge >= 0.3 is 5.69 Å². The van der Waals surface area contributed by atoms with Crippen LogP contribution in [0.25, 0.3) is 10.9 Å². The highest BCUT2D eigenvalue weighted by Crippen LogP contribution is 2.15. The monoisotopic (exact) mass is 364 g/mol. The summed E-state index contributed by atoms with van der Waals surface area (Å²) in [5.41, 5.74) is 6.56. The third-order valence-electron chi connectivity index (χ3n) is 4.26. The average molecular weight is 364 g/mol. The van der Waals surface area contributed by atoms with E-state index in [1.165, 1.54) is 11.6 Å². The SMILES string of the molecule is CC#CCNc1c(N)n(C)c(=O)n(Cc2nc(C)c3ccccc3n2)c1=O. The minimum absolute atomic E-state index is 0.0500. The van der Waals surface area contributed by atoms with Crippen LogP contribution >= 0.6 is 0 Å². The number of nitrogen functional groups attached to an aromatic ring is 1. The molecule has 8 nitrogen and oxygen atoms in total. The molecular formula is C19H20N6O2. The summed E-state index contributed by atoms with van der Waals surface area (Å²) in [5.74, 6) is 5.98. The number of hydrogen-bond donors (Lipinski definition) is 2. The number of nitrogens with two attached hydrogens (primary N) is 1. The van der Waals surface area contributed by atoms with E-state index in [4.69, 9.17) is 5.73 Å². The lowest BCUT2D eigenvalue weighted by Crippen LogP contribution is -2.42. The quantitative estimate of drug-likeness (QED) is 0.665. The van der Waals surface area contributed by atoms with Gasteiger partial charge in [0.15, 0.2) is 0 Å². The Labute approximate surface area is 155 Å². The number of para-hydroxylation sites is 1. The van der Waals surface area contributed by atoms with Gasteiger partial charge in [-0.25, -0.2) is 14.8 Å². The van der Waals surface area contributed by atoms with E-state index in [2.05, 4.69) is 27.1 Å². The molecule has 3 aromatic rings. The number of anilines is 2. The molecule has 0 bridgehead atoms. The van der Waals surface area contributed by atoms with Crippen LogP contribution in [0.15, 0.2) is 33.9 Å². The highest BCUT2D eigenvalue weighted by molar-refractivity contribution is 5.80. The third kappa shape index (κ3) is 3.40. The van der Waals surface area contributed by atoms with Crippen molar-refractivity contribution in [3.63, 3.8) is 0 Å². The molecule has 3 N–H and O–H groups in total. The summed E-state index contributed by atoms with van der Waals surface area (Å²) in [4.78, 5) is 34.3. The first-order valence-electron chi connectivity index (χ1n) is 8.39. The van der Waals surface area contributed by atoms with Crippen LogP contribution < -0.4 is 22.3 Å². The number of nitrogens with one attached hydrogen (secondary N) is 1. The van der Waals surface area contributed by atoms with E-state index in [1.54, 1.807) is 6.92 Å². The van der Waals surface area contributed by atoms with Gasteiger partial charge in [0.1, 0.15) is 17.3 Å². The smallest absolute Gasteiger partial charge is 0.332 e. The van der Waals surface area contributed by atoms with Crippen LogP contribution in [0.5, 0.6) is 0 Å². The van der Waals surface area contributed by atoms with Crippen molar-refractivity contribution in [1.29, 1.82) is 0 Å². The summed E-state index contributed by atoms with van der Waals surface area (Å²) in [6.45, 7) is 3.77. The Morgan fingerprint density at radius 1 is 1.22 bits per heavy atom. The number of nitrogens with zero attached hydrogens (tertiary/aromatic N) is 4. The van der Waals surface area contributed by atoms with Gasteiger partial charge in [-0.2, -0.15) is 0 Å². The molecule has 0 aliphatic heterocycles. The second kappa shape index (κ2) is 7.33. The minimum atomic E-state index is -0.529. The van der Waals surface area contributed by atoms with E-state index in [9.17, 15) is 9.59 Å². The molecule has 2 heterocycles. The molecule has 138 valence electrons. The van der Waals surface area contributed by atoms with Crippen molar-refractivity contribution in [1.82, 2.24) is 19.1 Å². The minimum Gasteiger partial charge on any atom is -0.383 e. The maximum Gasteiger partial charge on any atom is 0.332 e. The maximum atomic E-state index is 12.8. The van der Waals surface area contributed by atoms with Gasteiger partial charge in [-0.05, 0) is 19.9 Å². The topological polar surface area (TPSA) is 108 Å². The molecule has 27 heavy (non-hydrogen) atoms. The largest absolute Gasteiger partial charge is 0.383 e. The molecule has 0 fully saturated rings. The molecule has 2 aromatic heterocycles. The third-order valence-corrected chi connectivity index (χ3v) is 4.26. The summed E-state index contributed by atoms with van der Waals surface area (Å²) in [7, 11) is 1.51. The Balaban J connectivity index is 2.10. The molecule has 0 saturated heterocycles. The van der Waals surface area contributed by atoms with Crippen LogP contribution in [0, 0.1) is 18.8 Å². The summed E-state index contributed by atoms with van der Waals surface area (Å²) in [6, 6.07) is 7.59. The van der Waals surface area contributed by atoms with Crippen molar-refractivity contribution in [2.45, 2.75) is 20.4 Å². The lowest BCUT2D eigenvalue weighted by Gasteiger charge is -2.14. The van der Waals surface area contributed by atoms with Crippen LogP contribution in [0.4, 0.5) is 11.5 Å². The van der Waals surface area contributed by atoms with E-state index in [0.29, 0.717) is 5.82 Å². The predicted molar refractivity (Wildman–Crippen MR) is 106 cm³/mol. The van der Waals surface area contributed by atoms with Gasteiger partial charge in [-0.15, -0.1) is 5.92 Å². The Bertz CT molecular complexity index is 1200. The maximum absolute atomic E-state index is 12.8. The molecule has 0 saturated carbocycles. The normalized spacial score (nSPS) is 10.5. The highest BCUT2D eigenvalue weighted by atomic mass is 16.2. The molecule has 0 spiro atoms. The Hall–Kier alpha value is -3.60. The van der Waals surface area contributed by atoms with Gasteiger partial charge in [0.05, 0.1) is 18.6 Å². The first-order valence-corrected chi connectivity index (χ1v) is 8.39. The number of aryl methyl sites for hydroxylation is 1. The predicted octanol–water partition coefficient (Wildman–Crippen LogP) is 0.864. The molecule has 1 aromatic carbocycles. The van der Waals surface area contributed by atoms with Crippen LogP contribution in [0.3, 0.4) is 0 Å². The zero-order chi connectivity index (χ0) is 19.6. The van der Waals surface area contributed by atoms with E-state index >= 15 is 0 Å². The number of benzene rings is 1. The zero-order valence-electron chi connectivity index (χ0n) is 15.4. The van der Waals surface area contributed by atoms with Crippen LogP contribution in [-0.4, -0.2) is 25.6 Å². The molecule has 0 aliphatic rings. The molecule has 0 aliphatic carbocycles. The summed E-state index contributed by atoms with van der Waals surface area (Å²) >= 11 is 0. The van der Waals surface area contributed by atoms with Crippen molar-refractivity contribution in [2.24, 2.45) is 7.05 Å². The van der Waals surface area contributed by atoms with Crippen LogP contribution in [-0.2, 0) is 13.6 Å². The van der Waals surface area contributed by atoms with E-state index in [1.807, 2.05) is 31.2 Å². The van der Waals surface area contributed by atoms with Gasteiger partial charge in [0.25, 0.3) is 5.56 Å². The fourth-order valence-corrected chi connectivity index (χ4v) is 2.82. The lowest BCUT2D eigenvalue weighted by molar-refractivity contribution is 0.628. The first kappa shape index (κ1) is 18.2. The number of fused-ring (bicyclic) bond motifs is 1. The average Bonchev–Trinajstić information content (AvgIpc) is 2.66. The van der Waals surface area contributed by atoms with Gasteiger partial charge in [0.2, 0.25) is 0 Å². The lowest BCUT2D eigenvalue weighted by atomic mass is 10.2. The number of hydrogen-bond acceptors (Lipinski definition) is 6. The van der Waals surface area contributed by atoms with Crippen molar-refractivity contribution >= 4 is 22.4 Å². The fourth-order valence-electron chi connectivity index (χ4n) is 2.82. The fraction of sp³-hybridized carbons (Fsp3) is 0.263. The molecule has 0 radical (unpaired) electrons. The standard InChI is InChI=1S/C19H20N6O2/c1-4-5-10-21-16-17(20)24(3)19(27)25(18(16)26)11-15-22-12(2)13-8-6-7-9-14(13)23-15/h6-9,21H,10-11,20H2,1-3H3. The number of aromatic nitrogens is 4. The molecule has 0 atom stereocenters. The zero-order valence-corrected chi connectivity index (χ0v) is 15.4. The number of rotatable bonds is 4. The van der Waals surface area contributed by atoms with Gasteiger partial charge in [-0.1, -0.05) is 24.1 Å². The van der Waals surface area contributed by atoms with E-state index < -0.39 is 11.2 Å². The van der Waals surface area contributed by atoms with E-state index in [-0.39, 0.29) is 24.6 Å². The summed E-state index contributed by atoms with van der Waals surface area (Å²) in [6.07, 6.45) is 0. The Kier molecular flexibility index (Phi) is 4.94. The first-order chi connectivity index (χ1) is 12.9. The van der Waals surface area contributed by atoms with Crippen molar-refractivity contribution in [3.05, 3.63) is 56.6 Å². The summed E-state index contributed by atoms with van der Waals surface area (Å²) in [5, 5.41) is 3.81. The molecule has 8 heteroatoms. The highest BCUT2D eigenvalue weighted by Gasteiger charge is 2.16. The molecule has 3 rings (SSSR count). The van der Waals surface area contributed by atoms with Crippen LogP contribution in [0.1, 0.15) is 18.4 Å². The summed E-state index contributed by atoms with van der Waals surface area (Å²) < 4.78 is 2.29. The van der Waals surface area contributed by atoms with Gasteiger partial charge in [-0.3, -0.25) is 13.9 Å². The second-order valence-corrected chi connectivity index (χ2v) is 6.02. The molecule has 0 amide bonds. The van der Waals surface area contributed by atoms with E-state index in [0.717, 1.165) is 21.2 Å². The Morgan fingerprint density at radius 3 is 2.70 bits per heavy atom. The van der Waals surface area contributed by atoms with Gasteiger partial charge in [0, 0.05) is 18.1 Å². The van der Waals surface area contributed by atoms with Crippen molar-refractivity contribution in [2.75, 3.05) is 17.6 Å². The van der Waals surface area contributed by atoms with Crippen molar-refractivity contribution < 1.29 is 0 Å². The second-order valence-electron chi connectivity index (χ2n) is 6.02. The molecular weight excluding hydrogens is 344 g/mol. The van der Waals surface area contributed by atoms with Crippen molar-refractivity contribution in [3.8, 4) is 11.8 Å².